The zero-order chi connectivity index (χ0) is 17.1. The van der Waals surface area contributed by atoms with E-state index in [4.69, 9.17) is 0 Å². The number of benzene rings is 1. The standard InChI is InChI=1S/C21H31N3O.2ClH/c25-21(20-14-17-8-4-5-9-19(17)23-20)22-18-10-12-24(13-11-18)15-16-6-2-1-3-7-16;;/h1-3,6-7,17-20,23H,4-5,8-15H2,(H,22,25);2*1H. The van der Waals surface area contributed by atoms with Crippen LogP contribution in [-0.4, -0.2) is 42.0 Å². The quantitative estimate of drug-likeness (QED) is 0.792. The number of nitrogens with one attached hydrogen (secondary N) is 2. The summed E-state index contributed by atoms with van der Waals surface area (Å²) < 4.78 is 0. The number of nitrogens with zero attached hydrogens (tertiary/aromatic N) is 1. The van der Waals surface area contributed by atoms with Crippen molar-refractivity contribution in [3.63, 3.8) is 0 Å². The fourth-order valence-corrected chi connectivity index (χ4v) is 4.90. The fourth-order valence-electron chi connectivity index (χ4n) is 4.90. The van der Waals surface area contributed by atoms with E-state index in [1.54, 1.807) is 0 Å². The van der Waals surface area contributed by atoms with Crippen molar-refractivity contribution in [2.45, 2.75) is 69.6 Å². The van der Waals surface area contributed by atoms with Gasteiger partial charge in [0.1, 0.15) is 0 Å². The molecule has 4 rings (SSSR count). The highest BCUT2D eigenvalue weighted by Crippen LogP contribution is 2.33. The Morgan fingerprint density at radius 2 is 1.74 bits per heavy atom. The molecule has 1 aromatic rings. The highest BCUT2D eigenvalue weighted by molar-refractivity contribution is 5.85. The largest absolute Gasteiger partial charge is 0.352 e. The molecular formula is C21H33Cl2N3O. The van der Waals surface area contributed by atoms with Crippen LogP contribution in [0.15, 0.2) is 30.3 Å². The Kier molecular flexibility index (Phi) is 8.87. The summed E-state index contributed by atoms with van der Waals surface area (Å²) in [5.41, 5.74) is 1.38. The van der Waals surface area contributed by atoms with Gasteiger partial charge in [-0.3, -0.25) is 9.69 Å². The van der Waals surface area contributed by atoms with Crippen molar-refractivity contribution in [3.8, 4) is 0 Å². The van der Waals surface area contributed by atoms with Crippen LogP contribution in [0, 0.1) is 5.92 Å². The maximum absolute atomic E-state index is 12.6. The van der Waals surface area contributed by atoms with Crippen LogP contribution in [0.1, 0.15) is 50.5 Å². The molecule has 3 aliphatic rings. The van der Waals surface area contributed by atoms with E-state index in [-0.39, 0.29) is 36.8 Å². The number of rotatable bonds is 4. The van der Waals surface area contributed by atoms with Gasteiger partial charge in [-0.1, -0.05) is 43.2 Å². The summed E-state index contributed by atoms with van der Waals surface area (Å²) in [5, 5.41) is 6.93. The number of fused-ring (bicyclic) bond motifs is 1. The molecule has 0 aromatic heterocycles. The lowest BCUT2D eigenvalue weighted by molar-refractivity contribution is -0.123. The van der Waals surface area contributed by atoms with Gasteiger partial charge in [0, 0.05) is 31.7 Å². The van der Waals surface area contributed by atoms with E-state index in [0.717, 1.165) is 44.8 Å². The summed E-state index contributed by atoms with van der Waals surface area (Å²) in [7, 11) is 0. The molecule has 3 atom stereocenters. The van der Waals surface area contributed by atoms with E-state index in [0.29, 0.717) is 12.1 Å². The lowest BCUT2D eigenvalue weighted by atomic mass is 9.85. The fraction of sp³-hybridized carbons (Fsp3) is 0.667. The van der Waals surface area contributed by atoms with Crippen LogP contribution in [0.25, 0.3) is 0 Å². The minimum atomic E-state index is 0. The van der Waals surface area contributed by atoms with Crippen molar-refractivity contribution < 1.29 is 4.79 Å². The number of piperidine rings is 1. The number of hydrogen-bond donors (Lipinski definition) is 2. The molecule has 2 N–H and O–H groups in total. The van der Waals surface area contributed by atoms with E-state index in [1.807, 2.05) is 0 Å². The first-order valence-electron chi connectivity index (χ1n) is 10.1. The SMILES string of the molecule is Cl.Cl.O=C(NC1CCN(Cc2ccccc2)CC1)C1CC2CCCCC2N1. The Morgan fingerprint density at radius 3 is 2.44 bits per heavy atom. The Balaban J connectivity index is 0.00000131. The van der Waals surface area contributed by atoms with Crippen LogP contribution in [-0.2, 0) is 11.3 Å². The van der Waals surface area contributed by atoms with Crippen molar-refractivity contribution in [1.82, 2.24) is 15.5 Å². The molecule has 2 heterocycles. The molecule has 1 aliphatic carbocycles. The molecule has 0 bridgehead atoms. The van der Waals surface area contributed by atoms with Gasteiger partial charge < -0.3 is 10.6 Å². The summed E-state index contributed by atoms with van der Waals surface area (Å²) in [5.74, 6) is 0.980. The molecular weight excluding hydrogens is 381 g/mol. The first-order chi connectivity index (χ1) is 12.3. The van der Waals surface area contributed by atoms with Crippen molar-refractivity contribution in [2.75, 3.05) is 13.1 Å². The third-order valence-corrected chi connectivity index (χ3v) is 6.36. The number of amides is 1. The Bertz CT molecular complexity index is 564. The molecule has 27 heavy (non-hydrogen) atoms. The van der Waals surface area contributed by atoms with Crippen molar-refractivity contribution in [3.05, 3.63) is 35.9 Å². The summed E-state index contributed by atoms with van der Waals surface area (Å²) in [4.78, 5) is 15.1. The summed E-state index contributed by atoms with van der Waals surface area (Å²) >= 11 is 0. The van der Waals surface area contributed by atoms with Gasteiger partial charge in [-0.2, -0.15) is 0 Å². The first-order valence-corrected chi connectivity index (χ1v) is 10.1. The predicted molar refractivity (Wildman–Crippen MR) is 115 cm³/mol. The lowest BCUT2D eigenvalue weighted by Crippen LogP contribution is -2.50. The average molecular weight is 414 g/mol. The predicted octanol–water partition coefficient (Wildman–Crippen LogP) is 3.53. The molecule has 6 heteroatoms. The van der Waals surface area contributed by atoms with E-state index in [1.165, 1.54) is 31.2 Å². The van der Waals surface area contributed by atoms with Crippen LogP contribution >= 0.6 is 24.8 Å². The number of halogens is 2. The van der Waals surface area contributed by atoms with Gasteiger partial charge in [-0.05, 0) is 43.6 Å². The first kappa shape index (κ1) is 22.5. The second-order valence-electron chi connectivity index (χ2n) is 8.15. The van der Waals surface area contributed by atoms with Crippen LogP contribution in [0.2, 0.25) is 0 Å². The molecule has 1 saturated carbocycles. The van der Waals surface area contributed by atoms with Gasteiger partial charge in [0.05, 0.1) is 6.04 Å². The molecule has 3 unspecified atom stereocenters. The van der Waals surface area contributed by atoms with Crippen LogP contribution in [0.5, 0.6) is 0 Å². The maximum Gasteiger partial charge on any atom is 0.237 e. The molecule has 1 amide bonds. The van der Waals surface area contributed by atoms with Crippen LogP contribution in [0.3, 0.4) is 0 Å². The van der Waals surface area contributed by atoms with Crippen LogP contribution in [0.4, 0.5) is 0 Å². The van der Waals surface area contributed by atoms with Crippen molar-refractivity contribution >= 4 is 30.7 Å². The maximum atomic E-state index is 12.6. The zero-order valence-corrected chi connectivity index (χ0v) is 17.6. The van der Waals surface area contributed by atoms with Gasteiger partial charge in [-0.15, -0.1) is 24.8 Å². The average Bonchev–Trinajstić information content (AvgIpc) is 3.09. The highest BCUT2D eigenvalue weighted by Gasteiger charge is 2.38. The molecule has 0 spiro atoms. The number of hydrogen-bond acceptors (Lipinski definition) is 3. The molecule has 152 valence electrons. The molecule has 2 saturated heterocycles. The molecule has 1 aromatic carbocycles. The lowest BCUT2D eigenvalue weighted by Gasteiger charge is -2.33. The van der Waals surface area contributed by atoms with Crippen LogP contribution < -0.4 is 10.6 Å². The monoisotopic (exact) mass is 413 g/mol. The second kappa shape index (κ2) is 10.7. The number of carbonyl (C=O) groups excluding carboxylic acids is 1. The van der Waals surface area contributed by atoms with Crippen molar-refractivity contribution in [2.24, 2.45) is 5.92 Å². The summed E-state index contributed by atoms with van der Waals surface area (Å²) in [6.07, 6.45) is 8.41. The minimum absolute atomic E-state index is 0. The Morgan fingerprint density at radius 1 is 1.04 bits per heavy atom. The van der Waals surface area contributed by atoms with Gasteiger partial charge in [-0.25, -0.2) is 0 Å². The highest BCUT2D eigenvalue weighted by atomic mass is 35.5. The zero-order valence-electron chi connectivity index (χ0n) is 15.9. The molecule has 0 radical (unpaired) electrons. The minimum Gasteiger partial charge on any atom is -0.352 e. The molecule has 3 fully saturated rings. The second-order valence-corrected chi connectivity index (χ2v) is 8.15. The third-order valence-electron chi connectivity index (χ3n) is 6.36. The van der Waals surface area contributed by atoms with E-state index < -0.39 is 0 Å². The summed E-state index contributed by atoms with van der Waals surface area (Å²) in [6, 6.07) is 11.7. The van der Waals surface area contributed by atoms with E-state index >= 15 is 0 Å². The topological polar surface area (TPSA) is 44.4 Å². The third kappa shape index (κ3) is 5.83. The van der Waals surface area contributed by atoms with E-state index in [9.17, 15) is 4.79 Å². The summed E-state index contributed by atoms with van der Waals surface area (Å²) in [6.45, 7) is 3.17. The molecule has 2 aliphatic heterocycles. The number of likely N-dealkylation sites (tertiary alicyclic amines) is 1. The van der Waals surface area contributed by atoms with E-state index in [2.05, 4.69) is 45.9 Å². The normalized spacial score (nSPS) is 28.5. The van der Waals surface area contributed by atoms with Gasteiger partial charge in [0.15, 0.2) is 0 Å². The van der Waals surface area contributed by atoms with Gasteiger partial charge in [0.2, 0.25) is 5.91 Å². The van der Waals surface area contributed by atoms with Gasteiger partial charge >= 0.3 is 0 Å². The molecule has 4 nitrogen and oxygen atoms in total. The smallest absolute Gasteiger partial charge is 0.237 e. The Hall–Kier alpha value is -0.810. The van der Waals surface area contributed by atoms with Crippen molar-refractivity contribution in [1.29, 1.82) is 0 Å². The Labute approximate surface area is 175 Å². The number of carbonyl (C=O) groups is 1. The van der Waals surface area contributed by atoms with Gasteiger partial charge in [0.25, 0.3) is 0 Å².